The first-order chi connectivity index (χ1) is 6.77. The average molecular weight is 207 g/mol. The molecule has 0 N–H and O–H groups in total. The van der Waals surface area contributed by atoms with Crippen LogP contribution in [0.15, 0.2) is 36.4 Å². The van der Waals surface area contributed by atoms with Crippen molar-refractivity contribution >= 4 is 17.3 Å². The van der Waals surface area contributed by atoms with E-state index in [4.69, 9.17) is 11.6 Å². The first kappa shape index (κ1) is 9.28. The van der Waals surface area contributed by atoms with Crippen molar-refractivity contribution in [2.75, 3.05) is 13.6 Å². The molecule has 2 heterocycles. The standard InChI is InChI=1S/C11H11ClN2/c1-14-8-3-2-6-10(14)9-5-4-7-11(12)13-9/h2-7H,8H2,1H3. The lowest BCUT2D eigenvalue weighted by atomic mass is 10.2. The molecule has 14 heavy (non-hydrogen) atoms. The van der Waals surface area contributed by atoms with Gasteiger partial charge in [-0.05, 0) is 18.2 Å². The topological polar surface area (TPSA) is 16.1 Å². The molecule has 1 aliphatic heterocycles. The molecule has 0 bridgehead atoms. The van der Waals surface area contributed by atoms with Gasteiger partial charge in [0.2, 0.25) is 0 Å². The van der Waals surface area contributed by atoms with Gasteiger partial charge in [0.15, 0.2) is 0 Å². The Kier molecular flexibility index (Phi) is 2.55. The third kappa shape index (κ3) is 1.80. The van der Waals surface area contributed by atoms with Crippen molar-refractivity contribution in [1.82, 2.24) is 9.88 Å². The van der Waals surface area contributed by atoms with Gasteiger partial charge in [0.1, 0.15) is 5.15 Å². The summed E-state index contributed by atoms with van der Waals surface area (Å²) in [5.41, 5.74) is 2.03. The second kappa shape index (κ2) is 3.84. The normalized spacial score (nSPS) is 15.6. The molecular weight excluding hydrogens is 196 g/mol. The first-order valence-corrected chi connectivity index (χ1v) is 4.86. The van der Waals surface area contributed by atoms with Gasteiger partial charge in [0.25, 0.3) is 0 Å². The molecule has 3 heteroatoms. The molecule has 1 aromatic rings. The van der Waals surface area contributed by atoms with E-state index in [1.165, 1.54) is 0 Å². The van der Waals surface area contributed by atoms with E-state index in [1.807, 2.05) is 31.3 Å². The van der Waals surface area contributed by atoms with E-state index < -0.39 is 0 Å². The van der Waals surface area contributed by atoms with Crippen LogP contribution in [0.4, 0.5) is 0 Å². The van der Waals surface area contributed by atoms with Crippen LogP contribution < -0.4 is 0 Å². The van der Waals surface area contributed by atoms with Crippen LogP contribution in [0.5, 0.6) is 0 Å². The molecule has 2 rings (SSSR count). The van der Waals surface area contributed by atoms with Crippen molar-refractivity contribution in [3.63, 3.8) is 0 Å². The predicted molar refractivity (Wildman–Crippen MR) is 59.0 cm³/mol. The van der Waals surface area contributed by atoms with E-state index in [2.05, 4.69) is 16.0 Å². The molecule has 1 aromatic heterocycles. The zero-order valence-electron chi connectivity index (χ0n) is 7.94. The molecule has 0 aliphatic carbocycles. The smallest absolute Gasteiger partial charge is 0.129 e. The van der Waals surface area contributed by atoms with E-state index in [-0.39, 0.29) is 0 Å². The van der Waals surface area contributed by atoms with Crippen LogP contribution in [-0.2, 0) is 0 Å². The monoisotopic (exact) mass is 206 g/mol. The van der Waals surface area contributed by atoms with Gasteiger partial charge in [0, 0.05) is 13.6 Å². The summed E-state index contributed by atoms with van der Waals surface area (Å²) in [7, 11) is 2.04. The summed E-state index contributed by atoms with van der Waals surface area (Å²) >= 11 is 5.84. The summed E-state index contributed by atoms with van der Waals surface area (Å²) in [6.07, 6.45) is 6.19. The minimum atomic E-state index is 0.534. The van der Waals surface area contributed by atoms with E-state index in [0.29, 0.717) is 5.15 Å². The fraction of sp³-hybridized carbons (Fsp3) is 0.182. The second-order valence-electron chi connectivity index (χ2n) is 3.21. The van der Waals surface area contributed by atoms with Crippen LogP contribution in [-0.4, -0.2) is 23.5 Å². The average Bonchev–Trinajstić information content (AvgIpc) is 2.18. The summed E-state index contributed by atoms with van der Waals surface area (Å²) in [6, 6.07) is 5.66. The van der Waals surface area contributed by atoms with Crippen LogP contribution in [0.25, 0.3) is 5.70 Å². The Morgan fingerprint density at radius 1 is 1.43 bits per heavy atom. The summed E-state index contributed by atoms with van der Waals surface area (Å²) < 4.78 is 0. The van der Waals surface area contributed by atoms with Crippen LogP contribution in [0.2, 0.25) is 5.15 Å². The minimum Gasteiger partial charge on any atom is -0.369 e. The zero-order valence-corrected chi connectivity index (χ0v) is 8.70. The molecule has 0 unspecified atom stereocenters. The van der Waals surface area contributed by atoms with Crippen molar-refractivity contribution in [2.24, 2.45) is 0 Å². The number of hydrogen-bond donors (Lipinski definition) is 0. The van der Waals surface area contributed by atoms with Gasteiger partial charge < -0.3 is 4.90 Å². The SMILES string of the molecule is CN1CC=CC=C1c1cccc(Cl)n1. The van der Waals surface area contributed by atoms with Gasteiger partial charge in [-0.3, -0.25) is 0 Å². The third-order valence-corrected chi connectivity index (χ3v) is 2.37. The van der Waals surface area contributed by atoms with Crippen LogP contribution >= 0.6 is 11.6 Å². The number of rotatable bonds is 1. The second-order valence-corrected chi connectivity index (χ2v) is 3.59. The van der Waals surface area contributed by atoms with Gasteiger partial charge in [-0.1, -0.05) is 29.8 Å². The molecule has 2 nitrogen and oxygen atoms in total. The van der Waals surface area contributed by atoms with Crippen LogP contribution in [0.3, 0.4) is 0 Å². The van der Waals surface area contributed by atoms with E-state index in [1.54, 1.807) is 6.07 Å². The van der Waals surface area contributed by atoms with Crippen molar-refractivity contribution < 1.29 is 0 Å². The molecule has 0 atom stereocenters. The van der Waals surface area contributed by atoms with Crippen LogP contribution in [0, 0.1) is 0 Å². The molecule has 72 valence electrons. The Hall–Kier alpha value is -1.28. The maximum atomic E-state index is 5.84. The maximum Gasteiger partial charge on any atom is 0.129 e. The Morgan fingerprint density at radius 3 is 3.00 bits per heavy atom. The third-order valence-electron chi connectivity index (χ3n) is 2.16. The van der Waals surface area contributed by atoms with E-state index >= 15 is 0 Å². The highest BCUT2D eigenvalue weighted by molar-refractivity contribution is 6.29. The highest BCUT2D eigenvalue weighted by atomic mass is 35.5. The molecule has 0 saturated heterocycles. The summed E-state index contributed by atoms with van der Waals surface area (Å²) in [6.45, 7) is 0.917. The lowest BCUT2D eigenvalue weighted by molar-refractivity contribution is 0.529. The van der Waals surface area contributed by atoms with Crippen molar-refractivity contribution in [3.05, 3.63) is 47.3 Å². The van der Waals surface area contributed by atoms with Gasteiger partial charge in [-0.2, -0.15) is 0 Å². The molecule has 0 spiro atoms. The minimum absolute atomic E-state index is 0.534. The molecule has 0 saturated carbocycles. The molecular formula is C11H11ClN2. The van der Waals surface area contributed by atoms with Gasteiger partial charge >= 0.3 is 0 Å². The Balaban J connectivity index is 2.39. The number of nitrogens with zero attached hydrogens (tertiary/aromatic N) is 2. The molecule has 1 aliphatic rings. The summed E-state index contributed by atoms with van der Waals surface area (Å²) in [5, 5.41) is 0.534. The number of halogens is 1. The van der Waals surface area contributed by atoms with Crippen molar-refractivity contribution in [2.45, 2.75) is 0 Å². The van der Waals surface area contributed by atoms with Crippen molar-refractivity contribution in [1.29, 1.82) is 0 Å². The first-order valence-electron chi connectivity index (χ1n) is 4.48. The van der Waals surface area contributed by atoms with Gasteiger partial charge in [-0.15, -0.1) is 0 Å². The highest BCUT2D eigenvalue weighted by Gasteiger charge is 2.09. The number of aromatic nitrogens is 1. The lowest BCUT2D eigenvalue weighted by Crippen LogP contribution is -2.19. The highest BCUT2D eigenvalue weighted by Crippen LogP contribution is 2.19. The van der Waals surface area contributed by atoms with E-state index in [9.17, 15) is 0 Å². The number of likely N-dealkylation sites (N-methyl/N-ethyl adjacent to an activating group) is 1. The van der Waals surface area contributed by atoms with Crippen LogP contribution in [0.1, 0.15) is 5.69 Å². The van der Waals surface area contributed by atoms with Gasteiger partial charge in [-0.25, -0.2) is 4.98 Å². The number of pyridine rings is 1. The summed E-state index contributed by atoms with van der Waals surface area (Å²) in [4.78, 5) is 6.41. The lowest BCUT2D eigenvalue weighted by Gasteiger charge is -2.22. The molecule has 0 aromatic carbocycles. The zero-order chi connectivity index (χ0) is 9.97. The summed E-state index contributed by atoms with van der Waals surface area (Å²) in [5.74, 6) is 0. The molecule has 0 amide bonds. The van der Waals surface area contributed by atoms with Gasteiger partial charge in [0.05, 0.1) is 11.4 Å². The maximum absolute atomic E-state index is 5.84. The Bertz CT molecular complexity index is 396. The van der Waals surface area contributed by atoms with Crippen molar-refractivity contribution in [3.8, 4) is 0 Å². The molecule has 0 radical (unpaired) electrons. The largest absolute Gasteiger partial charge is 0.369 e. The fourth-order valence-electron chi connectivity index (χ4n) is 1.44. The van der Waals surface area contributed by atoms with E-state index in [0.717, 1.165) is 17.9 Å². The number of hydrogen-bond acceptors (Lipinski definition) is 2. The Labute approximate surface area is 88.5 Å². The Morgan fingerprint density at radius 2 is 2.29 bits per heavy atom. The fourth-order valence-corrected chi connectivity index (χ4v) is 1.60. The molecule has 0 fully saturated rings. The predicted octanol–water partition coefficient (Wildman–Crippen LogP) is 2.58. The quantitative estimate of drug-likeness (QED) is 0.657. The number of allylic oxidation sites excluding steroid dienone is 2.